The van der Waals surface area contributed by atoms with Gasteiger partial charge in [0.25, 0.3) is 0 Å². The monoisotopic (exact) mass is 216 g/mol. The second-order valence-corrected chi connectivity index (χ2v) is 4.00. The number of hydrogen-bond donors (Lipinski definition) is 2. The first-order valence-electron chi connectivity index (χ1n) is 5.66. The third-order valence-electron chi connectivity index (χ3n) is 2.75. The molecular formula is C13H16N2O. The molecule has 3 nitrogen and oxygen atoms in total. The van der Waals surface area contributed by atoms with E-state index in [0.717, 1.165) is 37.2 Å². The minimum atomic E-state index is 0.0367. The van der Waals surface area contributed by atoms with Gasteiger partial charge in [0.1, 0.15) is 5.69 Å². The zero-order valence-corrected chi connectivity index (χ0v) is 9.24. The lowest BCUT2D eigenvalue weighted by Crippen LogP contribution is -2.26. The van der Waals surface area contributed by atoms with Crippen LogP contribution in [-0.2, 0) is 6.61 Å². The van der Waals surface area contributed by atoms with Crippen molar-refractivity contribution in [1.82, 2.24) is 10.3 Å². The van der Waals surface area contributed by atoms with Gasteiger partial charge in [0.2, 0.25) is 0 Å². The summed E-state index contributed by atoms with van der Waals surface area (Å²) in [5, 5.41) is 12.2. The maximum Gasteiger partial charge on any atom is 0.113 e. The number of nitrogens with one attached hydrogen (secondary N) is 1. The Kier molecular flexibility index (Phi) is 3.92. The van der Waals surface area contributed by atoms with E-state index in [2.05, 4.69) is 22.1 Å². The van der Waals surface area contributed by atoms with Crippen LogP contribution in [0, 0.1) is 17.8 Å². The zero-order chi connectivity index (χ0) is 11.2. The van der Waals surface area contributed by atoms with E-state index in [9.17, 15) is 0 Å². The van der Waals surface area contributed by atoms with Crippen molar-refractivity contribution in [2.45, 2.75) is 19.4 Å². The number of nitrogens with zero attached hydrogens (tertiary/aromatic N) is 1. The minimum Gasteiger partial charge on any atom is -0.392 e. The summed E-state index contributed by atoms with van der Waals surface area (Å²) in [6.07, 6.45) is 3.93. The second-order valence-electron chi connectivity index (χ2n) is 4.00. The molecule has 3 heteroatoms. The van der Waals surface area contributed by atoms with Gasteiger partial charge < -0.3 is 10.4 Å². The molecule has 2 rings (SSSR count). The lowest BCUT2D eigenvalue weighted by atomic mass is 9.99. The lowest BCUT2D eigenvalue weighted by molar-refractivity contribution is 0.281. The summed E-state index contributed by atoms with van der Waals surface area (Å²) in [7, 11) is 0. The summed E-state index contributed by atoms with van der Waals surface area (Å²) in [5.74, 6) is 6.86. The molecule has 1 aromatic heterocycles. The van der Waals surface area contributed by atoms with E-state index >= 15 is 0 Å². The van der Waals surface area contributed by atoms with Gasteiger partial charge in [-0.2, -0.15) is 0 Å². The Morgan fingerprint density at radius 2 is 2.19 bits per heavy atom. The summed E-state index contributed by atoms with van der Waals surface area (Å²) in [4.78, 5) is 4.18. The van der Waals surface area contributed by atoms with Crippen LogP contribution in [-0.4, -0.2) is 23.2 Å². The summed E-state index contributed by atoms with van der Waals surface area (Å²) >= 11 is 0. The Morgan fingerprint density at radius 3 is 2.81 bits per heavy atom. The molecule has 0 spiro atoms. The van der Waals surface area contributed by atoms with Crippen molar-refractivity contribution in [3.05, 3.63) is 29.6 Å². The van der Waals surface area contributed by atoms with Crippen LogP contribution in [0.1, 0.15) is 24.1 Å². The topological polar surface area (TPSA) is 45.1 Å². The molecule has 0 atom stereocenters. The molecular weight excluding hydrogens is 200 g/mol. The van der Waals surface area contributed by atoms with Crippen LogP contribution in [0.15, 0.2) is 18.3 Å². The van der Waals surface area contributed by atoms with E-state index < -0.39 is 0 Å². The number of hydrogen-bond acceptors (Lipinski definition) is 3. The van der Waals surface area contributed by atoms with E-state index in [1.54, 1.807) is 6.20 Å². The van der Waals surface area contributed by atoms with Gasteiger partial charge in [-0.1, -0.05) is 12.0 Å². The SMILES string of the molecule is OCc1ccc(C#CC2CCNCC2)nc1. The average Bonchev–Trinajstić information content (AvgIpc) is 2.38. The van der Waals surface area contributed by atoms with Crippen molar-refractivity contribution < 1.29 is 5.11 Å². The van der Waals surface area contributed by atoms with E-state index in [1.807, 2.05) is 12.1 Å². The Labute approximate surface area is 95.9 Å². The van der Waals surface area contributed by atoms with Crippen LogP contribution in [0.4, 0.5) is 0 Å². The normalized spacial score (nSPS) is 16.6. The van der Waals surface area contributed by atoms with Crippen molar-refractivity contribution in [1.29, 1.82) is 0 Å². The van der Waals surface area contributed by atoms with Crippen molar-refractivity contribution in [2.75, 3.05) is 13.1 Å². The summed E-state index contributed by atoms with van der Waals surface area (Å²) in [5.41, 5.74) is 1.61. The van der Waals surface area contributed by atoms with Crippen LogP contribution in [0.25, 0.3) is 0 Å². The predicted molar refractivity (Wildman–Crippen MR) is 62.6 cm³/mol. The van der Waals surface area contributed by atoms with E-state index in [-0.39, 0.29) is 6.61 Å². The van der Waals surface area contributed by atoms with Gasteiger partial charge in [-0.25, -0.2) is 4.98 Å². The van der Waals surface area contributed by atoms with Gasteiger partial charge in [0.15, 0.2) is 0 Å². The first-order valence-corrected chi connectivity index (χ1v) is 5.66. The van der Waals surface area contributed by atoms with Gasteiger partial charge in [-0.15, -0.1) is 0 Å². The van der Waals surface area contributed by atoms with Crippen molar-refractivity contribution in [2.24, 2.45) is 5.92 Å². The standard InChI is InChI=1S/C13H16N2O/c16-10-12-2-4-13(15-9-12)3-1-11-5-7-14-8-6-11/h2,4,9,11,14,16H,5-8,10H2. The van der Waals surface area contributed by atoms with Gasteiger partial charge >= 0.3 is 0 Å². The summed E-state index contributed by atoms with van der Waals surface area (Å²) in [6.45, 7) is 2.17. The Bertz CT molecular complexity index is 383. The van der Waals surface area contributed by atoms with Gasteiger partial charge in [-0.3, -0.25) is 0 Å². The molecule has 2 N–H and O–H groups in total. The van der Waals surface area contributed by atoms with E-state index in [0.29, 0.717) is 5.92 Å². The molecule has 1 aliphatic heterocycles. The van der Waals surface area contributed by atoms with Crippen LogP contribution in [0.3, 0.4) is 0 Å². The van der Waals surface area contributed by atoms with Crippen LogP contribution in [0.2, 0.25) is 0 Å². The molecule has 0 bridgehead atoms. The molecule has 1 aliphatic rings. The van der Waals surface area contributed by atoms with Gasteiger partial charge in [0, 0.05) is 12.1 Å². The third kappa shape index (κ3) is 3.06. The molecule has 84 valence electrons. The van der Waals surface area contributed by atoms with Crippen molar-refractivity contribution >= 4 is 0 Å². The largest absolute Gasteiger partial charge is 0.392 e. The molecule has 0 amide bonds. The van der Waals surface area contributed by atoms with Crippen LogP contribution >= 0.6 is 0 Å². The molecule has 0 aromatic carbocycles. The molecule has 0 aliphatic carbocycles. The van der Waals surface area contributed by atoms with E-state index in [4.69, 9.17) is 5.11 Å². The van der Waals surface area contributed by atoms with Crippen LogP contribution < -0.4 is 5.32 Å². The maximum absolute atomic E-state index is 8.88. The van der Waals surface area contributed by atoms with Gasteiger partial charge in [0.05, 0.1) is 6.61 Å². The highest BCUT2D eigenvalue weighted by molar-refractivity contribution is 5.29. The fourth-order valence-corrected chi connectivity index (χ4v) is 1.73. The molecule has 0 unspecified atom stereocenters. The number of piperidine rings is 1. The molecule has 1 aromatic rings. The molecule has 1 fully saturated rings. The molecule has 2 heterocycles. The number of rotatable bonds is 1. The molecule has 1 saturated heterocycles. The average molecular weight is 216 g/mol. The highest BCUT2D eigenvalue weighted by Crippen LogP contribution is 2.10. The predicted octanol–water partition coefficient (Wildman–Crippen LogP) is 0.925. The zero-order valence-electron chi connectivity index (χ0n) is 9.24. The number of aliphatic hydroxyl groups excluding tert-OH is 1. The Morgan fingerprint density at radius 1 is 1.38 bits per heavy atom. The maximum atomic E-state index is 8.88. The van der Waals surface area contributed by atoms with Crippen LogP contribution in [0.5, 0.6) is 0 Å². The van der Waals surface area contributed by atoms with E-state index in [1.165, 1.54) is 0 Å². The summed E-state index contributed by atoms with van der Waals surface area (Å²) < 4.78 is 0. The van der Waals surface area contributed by atoms with Crippen molar-refractivity contribution in [3.63, 3.8) is 0 Å². The highest BCUT2D eigenvalue weighted by Gasteiger charge is 2.09. The second kappa shape index (κ2) is 5.64. The van der Waals surface area contributed by atoms with Crippen molar-refractivity contribution in [3.8, 4) is 11.8 Å². The fraction of sp³-hybridized carbons (Fsp3) is 0.462. The number of pyridine rings is 1. The molecule has 0 saturated carbocycles. The number of aliphatic hydroxyl groups is 1. The summed E-state index contributed by atoms with van der Waals surface area (Å²) in [6, 6.07) is 3.72. The third-order valence-corrected chi connectivity index (χ3v) is 2.75. The molecule has 16 heavy (non-hydrogen) atoms. The highest BCUT2D eigenvalue weighted by atomic mass is 16.3. The minimum absolute atomic E-state index is 0.0367. The fourth-order valence-electron chi connectivity index (χ4n) is 1.73. The van der Waals surface area contributed by atoms with Gasteiger partial charge in [-0.05, 0) is 43.5 Å². The Hall–Kier alpha value is -1.37. The number of aromatic nitrogens is 1. The molecule has 0 radical (unpaired) electrons. The first-order chi connectivity index (χ1) is 7.88. The Balaban J connectivity index is 1.99. The quantitative estimate of drug-likeness (QED) is 0.686. The smallest absolute Gasteiger partial charge is 0.113 e. The lowest BCUT2D eigenvalue weighted by Gasteiger charge is -2.17. The first kappa shape index (κ1) is 11.1.